The number of hydrogen-bond acceptors (Lipinski definition) is 3. The molecule has 2 heterocycles. The highest BCUT2D eigenvalue weighted by molar-refractivity contribution is 6.35. The zero-order chi connectivity index (χ0) is 25.4. The van der Waals surface area contributed by atoms with Crippen LogP contribution in [0, 0.1) is 6.92 Å². The Morgan fingerprint density at radius 1 is 1.03 bits per heavy atom. The van der Waals surface area contributed by atoms with Crippen LogP contribution in [0.3, 0.4) is 0 Å². The van der Waals surface area contributed by atoms with Crippen molar-refractivity contribution in [2.45, 2.75) is 20.4 Å². The molecule has 0 atom stereocenters. The van der Waals surface area contributed by atoms with Gasteiger partial charge in [0.25, 0.3) is 0 Å². The van der Waals surface area contributed by atoms with E-state index in [2.05, 4.69) is 4.98 Å². The number of nitrogens with zero attached hydrogens (tertiary/aromatic N) is 2. The molecule has 1 N–H and O–H groups in total. The number of esters is 1. The van der Waals surface area contributed by atoms with Crippen LogP contribution in [0.25, 0.3) is 33.4 Å². The molecule has 0 bridgehead atoms. The number of nitrogens with one attached hydrogen (secondary N) is 1. The van der Waals surface area contributed by atoms with E-state index in [1.165, 1.54) is 0 Å². The van der Waals surface area contributed by atoms with Crippen molar-refractivity contribution in [3.63, 3.8) is 0 Å². The van der Waals surface area contributed by atoms with Gasteiger partial charge in [0, 0.05) is 37.1 Å². The van der Waals surface area contributed by atoms with E-state index < -0.39 is 5.97 Å². The van der Waals surface area contributed by atoms with Gasteiger partial charge in [0.2, 0.25) is 0 Å². The summed E-state index contributed by atoms with van der Waals surface area (Å²) in [6.45, 7) is 4.43. The molecule has 182 valence electrons. The van der Waals surface area contributed by atoms with Crippen molar-refractivity contribution in [3.05, 3.63) is 98.9 Å². The summed E-state index contributed by atoms with van der Waals surface area (Å²) < 4.78 is 7.42. The Morgan fingerprint density at radius 2 is 1.81 bits per heavy atom. The van der Waals surface area contributed by atoms with Crippen LogP contribution in [0.2, 0.25) is 15.1 Å². The fourth-order valence-electron chi connectivity index (χ4n) is 4.45. The van der Waals surface area contributed by atoms with Crippen LogP contribution >= 0.6 is 34.8 Å². The predicted octanol–water partition coefficient (Wildman–Crippen LogP) is 8.19. The SMILES string of the molecule is CCOC(=O)c1[nH]c2cc(Cl)ccc2c1-c1c(-c2ccccc2)ncn1Cc1c(C)cc(Cl)cc1Cl. The van der Waals surface area contributed by atoms with Crippen molar-refractivity contribution in [2.24, 2.45) is 0 Å². The second kappa shape index (κ2) is 10.0. The van der Waals surface area contributed by atoms with E-state index in [0.29, 0.717) is 32.9 Å². The number of fused-ring (bicyclic) bond motifs is 1. The van der Waals surface area contributed by atoms with Gasteiger partial charge in [-0.3, -0.25) is 0 Å². The van der Waals surface area contributed by atoms with E-state index >= 15 is 0 Å². The van der Waals surface area contributed by atoms with Gasteiger partial charge in [-0.05, 0) is 49.2 Å². The fourth-order valence-corrected chi connectivity index (χ4v) is 5.27. The van der Waals surface area contributed by atoms with Gasteiger partial charge in [0.05, 0.1) is 30.9 Å². The molecule has 5 aromatic rings. The number of H-pyrrole nitrogens is 1. The molecule has 3 aromatic carbocycles. The second-order valence-electron chi connectivity index (χ2n) is 8.40. The number of aryl methyl sites for hydroxylation is 1. The first-order valence-electron chi connectivity index (χ1n) is 11.4. The molecule has 0 saturated carbocycles. The molecule has 5 nitrogen and oxygen atoms in total. The minimum atomic E-state index is -0.452. The maximum atomic E-state index is 13.1. The summed E-state index contributed by atoms with van der Waals surface area (Å²) in [4.78, 5) is 21.1. The van der Waals surface area contributed by atoms with Gasteiger partial charge in [-0.25, -0.2) is 9.78 Å². The van der Waals surface area contributed by atoms with Crippen LogP contribution in [0.5, 0.6) is 0 Å². The van der Waals surface area contributed by atoms with Gasteiger partial charge in [-0.15, -0.1) is 0 Å². The fraction of sp³-hybridized carbons (Fsp3) is 0.143. The molecule has 0 spiro atoms. The third-order valence-corrected chi connectivity index (χ3v) is 6.86. The summed E-state index contributed by atoms with van der Waals surface area (Å²) in [6, 6.07) is 19.0. The topological polar surface area (TPSA) is 59.9 Å². The highest BCUT2D eigenvalue weighted by Crippen LogP contribution is 2.40. The molecule has 8 heteroatoms. The summed E-state index contributed by atoms with van der Waals surface area (Å²) in [7, 11) is 0. The van der Waals surface area contributed by atoms with Crippen LogP contribution < -0.4 is 0 Å². The minimum Gasteiger partial charge on any atom is -0.461 e. The Hall–Kier alpha value is -3.25. The number of ether oxygens (including phenoxy) is 1. The van der Waals surface area contributed by atoms with Crippen molar-refractivity contribution in [2.75, 3.05) is 6.61 Å². The lowest BCUT2D eigenvalue weighted by atomic mass is 10.0. The Bertz CT molecular complexity index is 1570. The van der Waals surface area contributed by atoms with Crippen LogP contribution in [-0.4, -0.2) is 27.1 Å². The molecule has 0 aliphatic heterocycles. The minimum absolute atomic E-state index is 0.249. The van der Waals surface area contributed by atoms with Crippen LogP contribution in [0.1, 0.15) is 28.5 Å². The number of aromatic amines is 1. The number of carbonyl (C=O) groups excluding carboxylic acids is 1. The number of hydrogen-bond donors (Lipinski definition) is 1. The normalized spacial score (nSPS) is 11.2. The molecular weight excluding hydrogens is 517 g/mol. The van der Waals surface area contributed by atoms with Gasteiger partial charge in [-0.2, -0.15) is 0 Å². The highest BCUT2D eigenvalue weighted by atomic mass is 35.5. The molecule has 2 aromatic heterocycles. The highest BCUT2D eigenvalue weighted by Gasteiger charge is 2.27. The van der Waals surface area contributed by atoms with Crippen molar-refractivity contribution in [3.8, 4) is 22.5 Å². The lowest BCUT2D eigenvalue weighted by molar-refractivity contribution is 0.0521. The first-order valence-corrected chi connectivity index (χ1v) is 12.5. The van der Waals surface area contributed by atoms with E-state index in [-0.39, 0.29) is 6.61 Å². The molecule has 0 saturated heterocycles. The number of benzene rings is 3. The second-order valence-corrected chi connectivity index (χ2v) is 9.68. The first kappa shape index (κ1) is 24.4. The van der Waals surface area contributed by atoms with Gasteiger partial charge >= 0.3 is 5.97 Å². The standard InChI is InChI=1S/C28H22Cl3N3O2/c1-3-36-28(35)26-24(20-10-9-18(29)13-23(20)33-26)27-25(17-7-5-4-6-8-17)32-15-34(27)14-21-16(2)11-19(30)12-22(21)31/h4-13,15,33H,3,14H2,1-2H3. The monoisotopic (exact) mass is 537 g/mol. The van der Waals surface area contributed by atoms with Crippen molar-refractivity contribution < 1.29 is 9.53 Å². The van der Waals surface area contributed by atoms with Crippen LogP contribution in [-0.2, 0) is 11.3 Å². The Kier molecular flexibility index (Phi) is 6.80. The molecule has 0 fully saturated rings. The summed E-state index contributed by atoms with van der Waals surface area (Å²) in [5.41, 5.74) is 6.06. The van der Waals surface area contributed by atoms with E-state index in [1.54, 1.807) is 31.5 Å². The van der Waals surface area contributed by atoms with Gasteiger partial charge in [0.15, 0.2) is 0 Å². The predicted molar refractivity (Wildman–Crippen MR) is 146 cm³/mol. The smallest absolute Gasteiger partial charge is 0.355 e. The molecule has 5 rings (SSSR count). The van der Waals surface area contributed by atoms with Crippen molar-refractivity contribution in [1.29, 1.82) is 0 Å². The van der Waals surface area contributed by atoms with Crippen LogP contribution in [0.15, 0.2) is 67.0 Å². The lowest BCUT2D eigenvalue weighted by Crippen LogP contribution is -2.09. The lowest BCUT2D eigenvalue weighted by Gasteiger charge is -2.15. The Labute approximate surface area is 223 Å². The van der Waals surface area contributed by atoms with Crippen molar-refractivity contribution in [1.82, 2.24) is 14.5 Å². The zero-order valence-corrected chi connectivity index (χ0v) is 21.9. The molecular formula is C28H22Cl3N3O2. The van der Waals surface area contributed by atoms with E-state index in [9.17, 15) is 4.79 Å². The maximum absolute atomic E-state index is 13.1. The van der Waals surface area contributed by atoms with E-state index in [0.717, 1.165) is 39.0 Å². The zero-order valence-electron chi connectivity index (χ0n) is 19.6. The molecule has 0 aliphatic carbocycles. The van der Waals surface area contributed by atoms with Crippen LogP contribution in [0.4, 0.5) is 0 Å². The van der Waals surface area contributed by atoms with Gasteiger partial charge in [0.1, 0.15) is 5.69 Å². The third-order valence-electron chi connectivity index (χ3n) is 6.07. The van der Waals surface area contributed by atoms with E-state index in [4.69, 9.17) is 44.5 Å². The number of rotatable bonds is 6. The molecule has 36 heavy (non-hydrogen) atoms. The molecule has 0 amide bonds. The Morgan fingerprint density at radius 3 is 2.53 bits per heavy atom. The van der Waals surface area contributed by atoms with E-state index in [1.807, 2.05) is 54.0 Å². The summed E-state index contributed by atoms with van der Waals surface area (Å²) >= 11 is 19.1. The van der Waals surface area contributed by atoms with Gasteiger partial charge in [-0.1, -0.05) is 71.2 Å². The average molecular weight is 539 g/mol. The average Bonchev–Trinajstić information content (AvgIpc) is 3.42. The number of halogens is 3. The number of carbonyl (C=O) groups is 1. The van der Waals surface area contributed by atoms with Crippen molar-refractivity contribution >= 4 is 51.7 Å². The first-order chi connectivity index (χ1) is 17.4. The summed E-state index contributed by atoms with van der Waals surface area (Å²) in [5.74, 6) is -0.452. The quantitative estimate of drug-likeness (QED) is 0.222. The summed E-state index contributed by atoms with van der Waals surface area (Å²) in [5, 5.41) is 2.54. The molecule has 0 radical (unpaired) electrons. The third kappa shape index (κ3) is 4.50. The Balaban J connectivity index is 1.80. The maximum Gasteiger partial charge on any atom is 0.355 e. The molecule has 0 unspecified atom stereocenters. The van der Waals surface area contributed by atoms with Gasteiger partial charge < -0.3 is 14.3 Å². The summed E-state index contributed by atoms with van der Waals surface area (Å²) in [6.07, 6.45) is 1.77. The largest absolute Gasteiger partial charge is 0.461 e. The molecule has 0 aliphatic rings. The number of imidazole rings is 1. The number of aromatic nitrogens is 3.